The number of benzene rings is 1. The molecule has 1 aromatic heterocycles. The number of hydrogen-bond donors (Lipinski definition) is 2. The lowest BCUT2D eigenvalue weighted by Crippen LogP contribution is -2.18. The standard InChI is InChI=1S/C11H10Br2N4O/c1-17-10(8(14)5-15-17)11(18)16-9-6(12)3-2-4-7(9)13/h2-5H,14H2,1H3,(H,16,18). The van der Waals surface area contributed by atoms with Gasteiger partial charge in [0.2, 0.25) is 0 Å². The molecule has 0 spiro atoms. The Bertz CT molecular complexity index is 569. The number of nitrogen functional groups attached to an aromatic ring is 1. The van der Waals surface area contributed by atoms with Gasteiger partial charge in [0.05, 0.1) is 17.6 Å². The van der Waals surface area contributed by atoms with Crippen LogP contribution in [0.1, 0.15) is 10.5 Å². The molecule has 0 fully saturated rings. The van der Waals surface area contributed by atoms with Gasteiger partial charge in [-0.3, -0.25) is 9.48 Å². The zero-order valence-corrected chi connectivity index (χ0v) is 12.6. The van der Waals surface area contributed by atoms with Crippen molar-refractivity contribution in [2.45, 2.75) is 0 Å². The lowest BCUT2D eigenvalue weighted by Gasteiger charge is -2.10. The van der Waals surface area contributed by atoms with E-state index in [0.717, 1.165) is 8.95 Å². The molecule has 2 rings (SSSR count). The van der Waals surface area contributed by atoms with Crippen LogP contribution in [-0.4, -0.2) is 15.7 Å². The summed E-state index contributed by atoms with van der Waals surface area (Å²) in [5.41, 5.74) is 7.04. The van der Waals surface area contributed by atoms with Crippen molar-refractivity contribution in [1.82, 2.24) is 9.78 Å². The summed E-state index contributed by atoms with van der Waals surface area (Å²) in [7, 11) is 1.67. The molecule has 0 saturated carbocycles. The Morgan fingerprint density at radius 2 is 2.00 bits per heavy atom. The van der Waals surface area contributed by atoms with E-state index in [9.17, 15) is 4.79 Å². The first-order valence-corrected chi connectivity index (χ1v) is 6.62. The molecule has 2 aromatic rings. The van der Waals surface area contributed by atoms with E-state index < -0.39 is 0 Å². The molecule has 1 amide bonds. The van der Waals surface area contributed by atoms with Gasteiger partial charge in [-0.25, -0.2) is 0 Å². The minimum absolute atomic E-state index is 0.305. The summed E-state index contributed by atoms with van der Waals surface area (Å²) < 4.78 is 3.01. The number of nitrogens with two attached hydrogens (primary N) is 1. The van der Waals surface area contributed by atoms with Crippen molar-refractivity contribution in [3.05, 3.63) is 39.0 Å². The average molecular weight is 374 g/mol. The Hall–Kier alpha value is -1.34. The molecular weight excluding hydrogens is 364 g/mol. The van der Waals surface area contributed by atoms with Crippen LogP contribution in [0.4, 0.5) is 11.4 Å². The Labute approximate surface area is 121 Å². The maximum absolute atomic E-state index is 12.1. The fourth-order valence-corrected chi connectivity index (χ4v) is 2.72. The van der Waals surface area contributed by atoms with Gasteiger partial charge in [-0.05, 0) is 44.0 Å². The molecule has 18 heavy (non-hydrogen) atoms. The molecule has 0 aliphatic rings. The number of amides is 1. The van der Waals surface area contributed by atoms with Gasteiger partial charge in [0.1, 0.15) is 5.69 Å². The molecule has 0 saturated heterocycles. The molecule has 0 aliphatic carbocycles. The zero-order chi connectivity index (χ0) is 13.3. The summed E-state index contributed by atoms with van der Waals surface area (Å²) >= 11 is 6.76. The average Bonchev–Trinajstić information content (AvgIpc) is 2.64. The predicted octanol–water partition coefficient (Wildman–Crippen LogP) is 2.78. The number of rotatable bonds is 2. The lowest BCUT2D eigenvalue weighted by molar-refractivity contribution is 0.101. The molecule has 0 bridgehead atoms. The first-order chi connectivity index (χ1) is 8.50. The number of carbonyl (C=O) groups excluding carboxylic acids is 1. The Kier molecular flexibility index (Phi) is 3.72. The number of nitrogens with zero attached hydrogens (tertiary/aromatic N) is 2. The van der Waals surface area contributed by atoms with Crippen molar-refractivity contribution in [2.24, 2.45) is 7.05 Å². The van der Waals surface area contributed by atoms with Crippen LogP contribution in [0.3, 0.4) is 0 Å². The summed E-state index contributed by atoms with van der Waals surface area (Å²) in [5.74, 6) is -0.305. The van der Waals surface area contributed by atoms with Crippen LogP contribution in [0.25, 0.3) is 0 Å². The topological polar surface area (TPSA) is 72.9 Å². The zero-order valence-electron chi connectivity index (χ0n) is 9.45. The van der Waals surface area contributed by atoms with Crippen molar-refractivity contribution in [1.29, 1.82) is 0 Å². The summed E-state index contributed by atoms with van der Waals surface area (Å²) in [6, 6.07) is 5.54. The van der Waals surface area contributed by atoms with Crippen molar-refractivity contribution in [2.75, 3.05) is 11.1 Å². The van der Waals surface area contributed by atoms with Crippen LogP contribution >= 0.6 is 31.9 Å². The number of halogens is 2. The molecule has 0 unspecified atom stereocenters. The van der Waals surface area contributed by atoms with Crippen molar-refractivity contribution < 1.29 is 4.79 Å². The Balaban J connectivity index is 2.33. The van der Waals surface area contributed by atoms with E-state index in [2.05, 4.69) is 42.3 Å². The number of anilines is 2. The monoisotopic (exact) mass is 372 g/mol. The largest absolute Gasteiger partial charge is 0.396 e. The quantitative estimate of drug-likeness (QED) is 0.849. The molecule has 0 atom stereocenters. The second-order valence-corrected chi connectivity index (χ2v) is 5.33. The van der Waals surface area contributed by atoms with Crippen LogP contribution in [0.15, 0.2) is 33.3 Å². The van der Waals surface area contributed by atoms with Gasteiger partial charge in [0.25, 0.3) is 5.91 Å². The number of aromatic nitrogens is 2. The van der Waals surface area contributed by atoms with Crippen molar-refractivity contribution in [3.63, 3.8) is 0 Å². The SMILES string of the molecule is Cn1ncc(N)c1C(=O)Nc1c(Br)cccc1Br. The first kappa shape index (κ1) is 13.1. The summed E-state index contributed by atoms with van der Waals surface area (Å²) in [5, 5.41) is 6.72. The highest BCUT2D eigenvalue weighted by Crippen LogP contribution is 2.31. The second-order valence-electron chi connectivity index (χ2n) is 3.62. The van der Waals surface area contributed by atoms with Crippen LogP contribution < -0.4 is 11.1 Å². The smallest absolute Gasteiger partial charge is 0.276 e. The van der Waals surface area contributed by atoms with Crippen LogP contribution in [0, 0.1) is 0 Å². The molecule has 1 aromatic carbocycles. The van der Waals surface area contributed by atoms with Gasteiger partial charge < -0.3 is 11.1 Å². The summed E-state index contributed by atoms with van der Waals surface area (Å²) in [4.78, 5) is 12.1. The summed E-state index contributed by atoms with van der Waals surface area (Å²) in [6.07, 6.45) is 1.45. The Morgan fingerprint density at radius 3 is 2.50 bits per heavy atom. The molecule has 0 radical (unpaired) electrons. The van der Waals surface area contributed by atoms with E-state index in [1.165, 1.54) is 10.9 Å². The second kappa shape index (κ2) is 5.11. The number of hydrogen-bond acceptors (Lipinski definition) is 3. The molecule has 94 valence electrons. The van der Waals surface area contributed by atoms with Gasteiger partial charge in [-0.1, -0.05) is 6.07 Å². The minimum atomic E-state index is -0.305. The third kappa shape index (κ3) is 2.41. The normalized spacial score (nSPS) is 10.4. The van der Waals surface area contributed by atoms with Gasteiger partial charge in [0.15, 0.2) is 0 Å². The van der Waals surface area contributed by atoms with Gasteiger partial charge in [-0.2, -0.15) is 5.10 Å². The van der Waals surface area contributed by atoms with E-state index in [4.69, 9.17) is 5.73 Å². The third-order valence-corrected chi connectivity index (χ3v) is 3.71. The van der Waals surface area contributed by atoms with Crippen LogP contribution in [-0.2, 0) is 7.05 Å². The highest BCUT2D eigenvalue weighted by atomic mass is 79.9. The van der Waals surface area contributed by atoms with E-state index in [-0.39, 0.29) is 5.91 Å². The maximum Gasteiger partial charge on any atom is 0.276 e. The fourth-order valence-electron chi connectivity index (χ4n) is 1.52. The molecule has 7 heteroatoms. The van der Waals surface area contributed by atoms with E-state index in [1.807, 2.05) is 18.2 Å². The van der Waals surface area contributed by atoms with Gasteiger partial charge >= 0.3 is 0 Å². The summed E-state index contributed by atoms with van der Waals surface area (Å²) in [6.45, 7) is 0. The van der Waals surface area contributed by atoms with E-state index in [1.54, 1.807) is 7.05 Å². The Morgan fingerprint density at radius 1 is 1.39 bits per heavy atom. The van der Waals surface area contributed by atoms with Crippen molar-refractivity contribution in [3.8, 4) is 0 Å². The number of nitrogens with one attached hydrogen (secondary N) is 1. The fraction of sp³-hybridized carbons (Fsp3) is 0.0909. The number of carbonyl (C=O) groups is 1. The predicted molar refractivity (Wildman–Crippen MR) is 77.4 cm³/mol. The molecule has 0 aliphatic heterocycles. The molecular formula is C11H10Br2N4O. The molecule has 1 heterocycles. The van der Waals surface area contributed by atoms with E-state index in [0.29, 0.717) is 17.1 Å². The van der Waals surface area contributed by atoms with Gasteiger partial charge in [-0.15, -0.1) is 0 Å². The highest BCUT2D eigenvalue weighted by Gasteiger charge is 2.17. The lowest BCUT2D eigenvalue weighted by atomic mass is 10.3. The van der Waals surface area contributed by atoms with E-state index >= 15 is 0 Å². The molecule has 5 nitrogen and oxygen atoms in total. The van der Waals surface area contributed by atoms with Crippen molar-refractivity contribution >= 4 is 49.1 Å². The highest BCUT2D eigenvalue weighted by molar-refractivity contribution is 9.11. The third-order valence-electron chi connectivity index (χ3n) is 2.38. The van der Waals surface area contributed by atoms with Crippen LogP contribution in [0.2, 0.25) is 0 Å². The van der Waals surface area contributed by atoms with Gasteiger partial charge in [0, 0.05) is 16.0 Å². The first-order valence-electron chi connectivity index (χ1n) is 5.03. The minimum Gasteiger partial charge on any atom is -0.396 e. The van der Waals surface area contributed by atoms with Crippen LogP contribution in [0.5, 0.6) is 0 Å². The maximum atomic E-state index is 12.1. The number of para-hydroxylation sites is 1. The number of aryl methyl sites for hydroxylation is 1. The molecule has 3 N–H and O–H groups in total.